The van der Waals surface area contributed by atoms with E-state index >= 15 is 0 Å². The second-order valence-corrected chi connectivity index (χ2v) is 4.53. The Balaban J connectivity index is 2.43. The van der Waals surface area contributed by atoms with Gasteiger partial charge in [0.25, 0.3) is 5.95 Å². The van der Waals surface area contributed by atoms with E-state index in [4.69, 9.17) is 5.73 Å². The van der Waals surface area contributed by atoms with Crippen LogP contribution in [-0.4, -0.2) is 38.8 Å². The van der Waals surface area contributed by atoms with Crippen LogP contribution in [-0.2, 0) is 0 Å². The molecule has 2 rings (SSSR count). The molecule has 0 saturated carbocycles. The molecule has 0 fully saturated rings. The van der Waals surface area contributed by atoms with Crippen molar-refractivity contribution >= 4 is 11.9 Å². The lowest BCUT2D eigenvalue weighted by Gasteiger charge is -2.11. The lowest BCUT2D eigenvalue weighted by atomic mass is 10.1. The molecule has 0 bridgehead atoms. The van der Waals surface area contributed by atoms with E-state index in [9.17, 15) is 0 Å². The SMILES string of the molecule is CC(C)c1ccn(-c2nc(N)nc(N(C)C)n2)n1. The fourth-order valence-electron chi connectivity index (χ4n) is 1.43. The van der Waals surface area contributed by atoms with Gasteiger partial charge in [-0.25, -0.2) is 4.68 Å². The van der Waals surface area contributed by atoms with Crippen LogP contribution in [0.25, 0.3) is 5.95 Å². The second kappa shape index (κ2) is 4.59. The fourth-order valence-corrected chi connectivity index (χ4v) is 1.43. The Kier molecular flexibility index (Phi) is 3.14. The number of nitrogens with zero attached hydrogens (tertiary/aromatic N) is 6. The molecule has 7 nitrogen and oxygen atoms in total. The number of aromatic nitrogens is 5. The maximum absolute atomic E-state index is 5.67. The molecule has 0 radical (unpaired) electrons. The molecule has 0 amide bonds. The molecule has 2 aromatic heterocycles. The van der Waals surface area contributed by atoms with Crippen molar-refractivity contribution in [3.05, 3.63) is 18.0 Å². The standard InChI is InChI=1S/C11H17N7/c1-7(2)8-5-6-18(16-8)11-14-9(12)13-10(15-11)17(3)4/h5-7H,1-4H3,(H2,12,13,14,15). The molecule has 18 heavy (non-hydrogen) atoms. The molecule has 2 aromatic rings. The van der Waals surface area contributed by atoms with Crippen molar-refractivity contribution in [2.45, 2.75) is 19.8 Å². The topological polar surface area (TPSA) is 85.8 Å². The Hall–Kier alpha value is -2.18. The molecular weight excluding hydrogens is 230 g/mol. The first-order chi connectivity index (χ1) is 8.47. The van der Waals surface area contributed by atoms with Crippen molar-refractivity contribution in [3.8, 4) is 5.95 Å². The highest BCUT2D eigenvalue weighted by molar-refractivity contribution is 5.36. The number of hydrogen-bond donors (Lipinski definition) is 1. The molecular formula is C11H17N7. The Labute approximate surface area is 106 Å². The molecule has 0 spiro atoms. The largest absolute Gasteiger partial charge is 0.368 e. The average molecular weight is 247 g/mol. The third kappa shape index (κ3) is 2.39. The molecule has 0 unspecified atom stereocenters. The maximum atomic E-state index is 5.67. The number of nitrogen functional groups attached to an aromatic ring is 1. The van der Waals surface area contributed by atoms with Gasteiger partial charge in [0, 0.05) is 20.3 Å². The first-order valence-electron chi connectivity index (χ1n) is 5.72. The highest BCUT2D eigenvalue weighted by Crippen LogP contribution is 2.13. The molecule has 96 valence electrons. The Bertz CT molecular complexity index is 544. The summed E-state index contributed by atoms with van der Waals surface area (Å²) in [7, 11) is 3.70. The van der Waals surface area contributed by atoms with E-state index in [1.54, 1.807) is 9.58 Å². The minimum Gasteiger partial charge on any atom is -0.368 e. The van der Waals surface area contributed by atoms with Crippen LogP contribution in [0.3, 0.4) is 0 Å². The van der Waals surface area contributed by atoms with E-state index in [0.29, 0.717) is 17.8 Å². The minimum atomic E-state index is 0.185. The molecule has 0 aliphatic rings. The lowest BCUT2D eigenvalue weighted by Crippen LogP contribution is -2.17. The van der Waals surface area contributed by atoms with Gasteiger partial charge in [-0.15, -0.1) is 0 Å². The summed E-state index contributed by atoms with van der Waals surface area (Å²) in [5, 5.41) is 4.41. The monoisotopic (exact) mass is 247 g/mol. The van der Waals surface area contributed by atoms with Gasteiger partial charge in [0.1, 0.15) is 0 Å². The highest BCUT2D eigenvalue weighted by Gasteiger charge is 2.10. The first-order valence-corrected chi connectivity index (χ1v) is 5.72. The van der Waals surface area contributed by atoms with Gasteiger partial charge in [0.2, 0.25) is 11.9 Å². The molecule has 2 N–H and O–H groups in total. The van der Waals surface area contributed by atoms with E-state index in [1.165, 1.54) is 0 Å². The van der Waals surface area contributed by atoms with Crippen LogP contribution in [0.1, 0.15) is 25.5 Å². The van der Waals surface area contributed by atoms with Crippen LogP contribution in [0.5, 0.6) is 0 Å². The number of anilines is 2. The summed E-state index contributed by atoms with van der Waals surface area (Å²) >= 11 is 0. The number of nitrogens with two attached hydrogens (primary N) is 1. The third-order valence-corrected chi connectivity index (χ3v) is 2.44. The van der Waals surface area contributed by atoms with Crippen LogP contribution in [0.4, 0.5) is 11.9 Å². The number of hydrogen-bond acceptors (Lipinski definition) is 6. The van der Waals surface area contributed by atoms with Crippen LogP contribution >= 0.6 is 0 Å². The van der Waals surface area contributed by atoms with Crippen molar-refractivity contribution in [1.82, 2.24) is 24.7 Å². The molecule has 0 aromatic carbocycles. The van der Waals surface area contributed by atoms with Gasteiger partial charge in [-0.1, -0.05) is 13.8 Å². The zero-order valence-electron chi connectivity index (χ0n) is 11.0. The van der Waals surface area contributed by atoms with Gasteiger partial charge in [-0.3, -0.25) is 0 Å². The van der Waals surface area contributed by atoms with Crippen molar-refractivity contribution < 1.29 is 0 Å². The van der Waals surface area contributed by atoms with E-state index in [0.717, 1.165) is 5.69 Å². The Morgan fingerprint density at radius 3 is 2.50 bits per heavy atom. The third-order valence-electron chi connectivity index (χ3n) is 2.44. The average Bonchev–Trinajstić information content (AvgIpc) is 2.77. The van der Waals surface area contributed by atoms with E-state index in [-0.39, 0.29) is 5.95 Å². The summed E-state index contributed by atoms with van der Waals surface area (Å²) in [6.07, 6.45) is 1.82. The zero-order valence-corrected chi connectivity index (χ0v) is 11.0. The molecule has 0 atom stereocenters. The summed E-state index contributed by atoms with van der Waals surface area (Å²) in [5.41, 5.74) is 6.66. The summed E-state index contributed by atoms with van der Waals surface area (Å²) < 4.78 is 1.61. The molecule has 0 aliphatic carbocycles. The van der Waals surface area contributed by atoms with Gasteiger partial charge >= 0.3 is 0 Å². The quantitative estimate of drug-likeness (QED) is 0.864. The molecule has 7 heteroatoms. The van der Waals surface area contributed by atoms with E-state index < -0.39 is 0 Å². The van der Waals surface area contributed by atoms with Crippen LogP contribution < -0.4 is 10.6 Å². The summed E-state index contributed by atoms with van der Waals surface area (Å²) in [4.78, 5) is 14.2. The summed E-state index contributed by atoms with van der Waals surface area (Å²) in [6, 6.07) is 1.94. The van der Waals surface area contributed by atoms with Crippen LogP contribution in [0.15, 0.2) is 12.3 Å². The smallest absolute Gasteiger partial charge is 0.257 e. The van der Waals surface area contributed by atoms with E-state index in [2.05, 4.69) is 33.9 Å². The zero-order chi connectivity index (χ0) is 13.3. The van der Waals surface area contributed by atoms with Crippen molar-refractivity contribution in [2.75, 3.05) is 24.7 Å². The molecule has 0 saturated heterocycles. The summed E-state index contributed by atoms with van der Waals surface area (Å²) in [5.74, 6) is 1.49. The minimum absolute atomic E-state index is 0.185. The van der Waals surface area contributed by atoms with Crippen molar-refractivity contribution in [3.63, 3.8) is 0 Å². The van der Waals surface area contributed by atoms with E-state index in [1.807, 2.05) is 26.4 Å². The number of rotatable bonds is 3. The predicted molar refractivity (Wildman–Crippen MR) is 69.8 cm³/mol. The Morgan fingerprint density at radius 1 is 1.22 bits per heavy atom. The van der Waals surface area contributed by atoms with Gasteiger partial charge < -0.3 is 10.6 Å². The van der Waals surface area contributed by atoms with Crippen LogP contribution in [0, 0.1) is 0 Å². The van der Waals surface area contributed by atoms with Gasteiger partial charge in [-0.05, 0) is 12.0 Å². The van der Waals surface area contributed by atoms with Crippen molar-refractivity contribution in [2.24, 2.45) is 0 Å². The Morgan fingerprint density at radius 2 is 1.94 bits per heavy atom. The second-order valence-electron chi connectivity index (χ2n) is 4.53. The summed E-state index contributed by atoms with van der Waals surface area (Å²) in [6.45, 7) is 4.17. The molecule has 2 heterocycles. The van der Waals surface area contributed by atoms with Gasteiger partial charge in [0.15, 0.2) is 0 Å². The van der Waals surface area contributed by atoms with Crippen LogP contribution in [0.2, 0.25) is 0 Å². The van der Waals surface area contributed by atoms with Gasteiger partial charge in [0.05, 0.1) is 5.69 Å². The fraction of sp³-hybridized carbons (Fsp3) is 0.455. The predicted octanol–water partition coefficient (Wildman–Crippen LogP) is 0.829. The highest BCUT2D eigenvalue weighted by atomic mass is 15.4. The normalized spacial score (nSPS) is 10.9. The molecule has 0 aliphatic heterocycles. The van der Waals surface area contributed by atoms with Gasteiger partial charge in [-0.2, -0.15) is 20.1 Å². The first kappa shape index (κ1) is 12.3. The maximum Gasteiger partial charge on any atom is 0.257 e. The lowest BCUT2D eigenvalue weighted by molar-refractivity contribution is 0.737. The van der Waals surface area contributed by atoms with Crippen molar-refractivity contribution in [1.29, 1.82) is 0 Å².